The zero-order chi connectivity index (χ0) is 12.9. The van der Waals surface area contributed by atoms with Crippen LogP contribution in [0.15, 0.2) is 24.5 Å². The highest BCUT2D eigenvalue weighted by Crippen LogP contribution is 2.22. The van der Waals surface area contributed by atoms with Gasteiger partial charge in [0.15, 0.2) is 0 Å². The van der Waals surface area contributed by atoms with Crippen LogP contribution in [0.2, 0.25) is 0 Å². The van der Waals surface area contributed by atoms with Crippen LogP contribution in [0.25, 0.3) is 0 Å². The minimum Gasteiger partial charge on any atom is -0.395 e. The molecule has 0 amide bonds. The number of aliphatic hydroxyl groups excluding tert-OH is 1. The van der Waals surface area contributed by atoms with Crippen LogP contribution in [0.3, 0.4) is 0 Å². The lowest BCUT2D eigenvalue weighted by Gasteiger charge is -2.28. The normalized spacial score (nSPS) is 15.6. The minimum atomic E-state index is 0.130. The van der Waals surface area contributed by atoms with Crippen molar-refractivity contribution in [2.75, 3.05) is 6.61 Å². The molecule has 3 heteroatoms. The SMILES string of the molecule is CC(NC(CO)CC(C)(C)C)c1cccnc1. The molecule has 0 aliphatic carbocycles. The largest absolute Gasteiger partial charge is 0.395 e. The molecule has 0 aliphatic heterocycles. The maximum Gasteiger partial charge on any atom is 0.0585 e. The zero-order valence-corrected chi connectivity index (χ0v) is 11.3. The fourth-order valence-corrected chi connectivity index (χ4v) is 2.00. The Bertz CT molecular complexity index is 319. The molecular weight excluding hydrogens is 212 g/mol. The van der Waals surface area contributed by atoms with E-state index >= 15 is 0 Å². The predicted molar refractivity (Wildman–Crippen MR) is 70.7 cm³/mol. The second-order valence-corrected chi connectivity index (χ2v) is 5.82. The van der Waals surface area contributed by atoms with Crippen LogP contribution in [0, 0.1) is 5.41 Å². The van der Waals surface area contributed by atoms with E-state index in [1.807, 2.05) is 12.3 Å². The number of nitrogens with one attached hydrogen (secondary N) is 1. The lowest BCUT2D eigenvalue weighted by Crippen LogP contribution is -2.37. The predicted octanol–water partition coefficient (Wildman–Crippen LogP) is 2.53. The standard InChI is InChI=1S/C14H24N2O/c1-11(12-6-5-7-15-9-12)16-13(10-17)8-14(2,3)4/h5-7,9,11,13,16-17H,8,10H2,1-4H3. The summed E-state index contributed by atoms with van der Waals surface area (Å²) in [5, 5.41) is 12.9. The molecule has 1 aromatic heterocycles. The maximum absolute atomic E-state index is 9.41. The van der Waals surface area contributed by atoms with Crippen LogP contribution < -0.4 is 5.32 Å². The van der Waals surface area contributed by atoms with Crippen LogP contribution >= 0.6 is 0 Å². The van der Waals surface area contributed by atoms with Gasteiger partial charge in [-0.1, -0.05) is 26.8 Å². The van der Waals surface area contributed by atoms with E-state index in [9.17, 15) is 5.11 Å². The van der Waals surface area contributed by atoms with Crippen molar-refractivity contribution in [1.29, 1.82) is 0 Å². The molecule has 0 bridgehead atoms. The number of aromatic nitrogens is 1. The number of aliphatic hydroxyl groups is 1. The Morgan fingerprint density at radius 3 is 2.59 bits per heavy atom. The van der Waals surface area contributed by atoms with Crippen molar-refractivity contribution >= 4 is 0 Å². The molecule has 0 saturated heterocycles. The van der Waals surface area contributed by atoms with E-state index in [0.717, 1.165) is 12.0 Å². The molecule has 2 unspecified atom stereocenters. The first-order valence-corrected chi connectivity index (χ1v) is 6.19. The third kappa shape index (κ3) is 5.29. The van der Waals surface area contributed by atoms with Gasteiger partial charge < -0.3 is 10.4 Å². The van der Waals surface area contributed by atoms with Gasteiger partial charge in [-0.25, -0.2) is 0 Å². The summed E-state index contributed by atoms with van der Waals surface area (Å²) in [5.74, 6) is 0. The average molecular weight is 236 g/mol. The lowest BCUT2D eigenvalue weighted by molar-refractivity contribution is 0.190. The van der Waals surface area contributed by atoms with E-state index in [0.29, 0.717) is 0 Å². The second-order valence-electron chi connectivity index (χ2n) is 5.82. The van der Waals surface area contributed by atoms with Crippen LogP contribution in [0.5, 0.6) is 0 Å². The molecular formula is C14H24N2O. The Labute approximate surface area is 104 Å². The van der Waals surface area contributed by atoms with E-state index in [1.165, 1.54) is 0 Å². The van der Waals surface area contributed by atoms with Gasteiger partial charge in [-0.05, 0) is 30.4 Å². The summed E-state index contributed by atoms with van der Waals surface area (Å²) in [6.07, 6.45) is 4.59. The highest BCUT2D eigenvalue weighted by Gasteiger charge is 2.19. The molecule has 3 nitrogen and oxygen atoms in total. The van der Waals surface area contributed by atoms with Crippen molar-refractivity contribution < 1.29 is 5.11 Å². The summed E-state index contributed by atoms with van der Waals surface area (Å²) in [4.78, 5) is 4.11. The Kier molecular flexibility index (Phi) is 5.09. The van der Waals surface area contributed by atoms with Crippen LogP contribution in [-0.2, 0) is 0 Å². The summed E-state index contributed by atoms with van der Waals surface area (Å²) in [6.45, 7) is 8.83. The van der Waals surface area contributed by atoms with Gasteiger partial charge in [0, 0.05) is 24.5 Å². The van der Waals surface area contributed by atoms with Crippen molar-refractivity contribution in [1.82, 2.24) is 10.3 Å². The minimum absolute atomic E-state index is 0.130. The molecule has 1 aromatic rings. The monoisotopic (exact) mass is 236 g/mol. The van der Waals surface area contributed by atoms with Crippen molar-refractivity contribution in [2.45, 2.75) is 46.2 Å². The topological polar surface area (TPSA) is 45.1 Å². The van der Waals surface area contributed by atoms with E-state index in [4.69, 9.17) is 0 Å². The average Bonchev–Trinajstić information content (AvgIpc) is 2.27. The first-order chi connectivity index (χ1) is 7.92. The van der Waals surface area contributed by atoms with E-state index in [2.05, 4.69) is 44.1 Å². The van der Waals surface area contributed by atoms with Gasteiger partial charge in [-0.3, -0.25) is 4.98 Å². The molecule has 17 heavy (non-hydrogen) atoms. The molecule has 0 spiro atoms. The third-order valence-electron chi connectivity index (χ3n) is 2.75. The molecule has 2 atom stereocenters. The summed E-state index contributed by atoms with van der Waals surface area (Å²) in [5.41, 5.74) is 1.37. The number of hydrogen-bond donors (Lipinski definition) is 2. The van der Waals surface area contributed by atoms with Gasteiger partial charge in [-0.15, -0.1) is 0 Å². The first-order valence-electron chi connectivity index (χ1n) is 6.19. The molecule has 0 radical (unpaired) electrons. The Hall–Kier alpha value is -0.930. The summed E-state index contributed by atoms with van der Waals surface area (Å²) in [6, 6.07) is 4.33. The summed E-state index contributed by atoms with van der Waals surface area (Å²) < 4.78 is 0. The van der Waals surface area contributed by atoms with Crippen LogP contribution in [0.4, 0.5) is 0 Å². The van der Waals surface area contributed by atoms with Gasteiger partial charge in [-0.2, -0.15) is 0 Å². The second kappa shape index (κ2) is 6.12. The van der Waals surface area contributed by atoms with E-state index in [-0.39, 0.29) is 24.1 Å². The quantitative estimate of drug-likeness (QED) is 0.825. The maximum atomic E-state index is 9.41. The highest BCUT2D eigenvalue weighted by atomic mass is 16.3. The Balaban J connectivity index is 2.57. The fourth-order valence-electron chi connectivity index (χ4n) is 2.00. The highest BCUT2D eigenvalue weighted by molar-refractivity contribution is 5.13. The van der Waals surface area contributed by atoms with Crippen molar-refractivity contribution in [3.05, 3.63) is 30.1 Å². The van der Waals surface area contributed by atoms with Crippen molar-refractivity contribution in [3.8, 4) is 0 Å². The summed E-state index contributed by atoms with van der Waals surface area (Å²) in [7, 11) is 0. The Morgan fingerprint density at radius 2 is 2.12 bits per heavy atom. The van der Waals surface area contributed by atoms with E-state index in [1.54, 1.807) is 6.20 Å². The molecule has 96 valence electrons. The molecule has 0 fully saturated rings. The summed E-state index contributed by atoms with van der Waals surface area (Å²) >= 11 is 0. The number of pyridine rings is 1. The lowest BCUT2D eigenvalue weighted by atomic mass is 9.88. The molecule has 0 aromatic carbocycles. The van der Waals surface area contributed by atoms with Crippen molar-refractivity contribution in [2.24, 2.45) is 5.41 Å². The number of nitrogens with zero attached hydrogens (tertiary/aromatic N) is 1. The molecule has 0 aliphatic rings. The molecule has 2 N–H and O–H groups in total. The van der Waals surface area contributed by atoms with Gasteiger partial charge >= 0.3 is 0 Å². The first kappa shape index (κ1) is 14.1. The van der Waals surface area contributed by atoms with E-state index < -0.39 is 0 Å². The smallest absolute Gasteiger partial charge is 0.0585 e. The molecule has 1 heterocycles. The van der Waals surface area contributed by atoms with Gasteiger partial charge in [0.25, 0.3) is 0 Å². The Morgan fingerprint density at radius 1 is 1.41 bits per heavy atom. The molecule has 1 rings (SSSR count). The van der Waals surface area contributed by atoms with Crippen LogP contribution in [-0.4, -0.2) is 22.7 Å². The fraction of sp³-hybridized carbons (Fsp3) is 0.643. The number of hydrogen-bond acceptors (Lipinski definition) is 3. The van der Waals surface area contributed by atoms with Gasteiger partial charge in [0.2, 0.25) is 0 Å². The van der Waals surface area contributed by atoms with Gasteiger partial charge in [0.1, 0.15) is 0 Å². The zero-order valence-electron chi connectivity index (χ0n) is 11.3. The van der Waals surface area contributed by atoms with Crippen molar-refractivity contribution in [3.63, 3.8) is 0 Å². The van der Waals surface area contributed by atoms with Crippen LogP contribution in [0.1, 0.15) is 45.7 Å². The number of rotatable bonds is 5. The van der Waals surface area contributed by atoms with Gasteiger partial charge in [0.05, 0.1) is 6.61 Å². The molecule has 0 saturated carbocycles. The third-order valence-corrected chi connectivity index (χ3v) is 2.75.